The molecule has 6 rings (SSSR count). The zero-order chi connectivity index (χ0) is 26.8. The van der Waals surface area contributed by atoms with Crippen molar-refractivity contribution in [3.05, 3.63) is 77.7 Å². The number of anilines is 3. The van der Waals surface area contributed by atoms with E-state index in [2.05, 4.69) is 51.6 Å². The van der Waals surface area contributed by atoms with Crippen LogP contribution in [0.5, 0.6) is 0 Å². The first-order chi connectivity index (χ1) is 19.0. The minimum absolute atomic E-state index is 0.0948. The van der Waals surface area contributed by atoms with Gasteiger partial charge in [-0.1, -0.05) is 24.6 Å². The number of carbonyl (C=O) groups is 2. The fourth-order valence-electron chi connectivity index (χ4n) is 6.95. The molecule has 1 aliphatic heterocycles. The summed E-state index contributed by atoms with van der Waals surface area (Å²) in [6.45, 7) is 6.22. The van der Waals surface area contributed by atoms with Gasteiger partial charge in [0.2, 0.25) is 0 Å². The van der Waals surface area contributed by atoms with Crippen LogP contribution < -0.4 is 20.4 Å². The van der Waals surface area contributed by atoms with Crippen LogP contribution in [-0.4, -0.2) is 44.5 Å². The summed E-state index contributed by atoms with van der Waals surface area (Å²) in [5.74, 6) is 2.36. The molecule has 2 heterocycles. The molecule has 2 aliphatic carbocycles. The maximum atomic E-state index is 13.1. The standard InChI is InChI=1S/C32H38N4O3/c1-22-5-2-3-6-28(22)35-14-16-36(17-15-35)29-11-10-26(21-27(29)34-32(38)30-7-4-18-39-30)31(37)33-13-12-25-20-23-8-9-24(25)19-23/h2-7,10-11,18,21,23-25H,8-9,12-17,19-20H2,1H3,(H,33,37)(H,34,38)/t23-,24+,25?/m0/s1. The summed E-state index contributed by atoms with van der Waals surface area (Å²) in [6, 6.07) is 17.4. The second kappa shape index (κ2) is 11.2. The molecule has 0 spiro atoms. The Balaban J connectivity index is 1.15. The summed E-state index contributed by atoms with van der Waals surface area (Å²) in [5, 5.41) is 6.14. The van der Waals surface area contributed by atoms with Crippen LogP contribution in [0.3, 0.4) is 0 Å². The van der Waals surface area contributed by atoms with E-state index in [4.69, 9.17) is 4.42 Å². The maximum Gasteiger partial charge on any atom is 0.291 e. The van der Waals surface area contributed by atoms with E-state index in [1.54, 1.807) is 18.2 Å². The number of aryl methyl sites for hydroxylation is 1. The van der Waals surface area contributed by atoms with E-state index in [1.165, 1.54) is 43.2 Å². The topological polar surface area (TPSA) is 77.8 Å². The summed E-state index contributed by atoms with van der Waals surface area (Å²) in [4.78, 5) is 30.7. The molecule has 2 saturated carbocycles. The molecule has 3 aliphatic rings. The molecule has 2 N–H and O–H groups in total. The molecule has 2 amide bonds. The van der Waals surface area contributed by atoms with E-state index in [0.717, 1.165) is 56.0 Å². The number of hydrogen-bond acceptors (Lipinski definition) is 5. The number of nitrogens with one attached hydrogen (secondary N) is 2. The second-order valence-electron chi connectivity index (χ2n) is 11.4. The van der Waals surface area contributed by atoms with Gasteiger partial charge in [0.05, 0.1) is 17.6 Å². The number of para-hydroxylation sites is 1. The van der Waals surface area contributed by atoms with Gasteiger partial charge in [0.1, 0.15) is 0 Å². The SMILES string of the molecule is Cc1ccccc1N1CCN(c2ccc(C(=O)NCCC3C[C@H]4CC[C@@H]3C4)cc2NC(=O)c2ccco2)CC1. The summed E-state index contributed by atoms with van der Waals surface area (Å²) < 4.78 is 5.32. The van der Waals surface area contributed by atoms with Gasteiger partial charge in [-0.25, -0.2) is 0 Å². The molecule has 2 bridgehead atoms. The Bertz CT molecular complexity index is 1310. The van der Waals surface area contributed by atoms with Crippen LogP contribution in [0.2, 0.25) is 0 Å². The number of furan rings is 1. The maximum absolute atomic E-state index is 13.1. The molecule has 3 atom stereocenters. The van der Waals surface area contributed by atoms with E-state index in [9.17, 15) is 9.59 Å². The normalized spacial score (nSPS) is 22.2. The summed E-state index contributed by atoms with van der Waals surface area (Å²) >= 11 is 0. The first kappa shape index (κ1) is 25.5. The largest absolute Gasteiger partial charge is 0.459 e. The Morgan fingerprint density at radius 2 is 1.69 bits per heavy atom. The lowest BCUT2D eigenvalue weighted by Crippen LogP contribution is -2.47. The molecule has 3 fully saturated rings. The van der Waals surface area contributed by atoms with Crippen molar-refractivity contribution >= 4 is 28.9 Å². The molecule has 204 valence electrons. The van der Waals surface area contributed by atoms with Crippen molar-refractivity contribution in [1.82, 2.24) is 5.32 Å². The quantitative estimate of drug-likeness (QED) is 0.392. The van der Waals surface area contributed by atoms with Crippen molar-refractivity contribution in [3.8, 4) is 0 Å². The van der Waals surface area contributed by atoms with Crippen molar-refractivity contribution in [2.24, 2.45) is 17.8 Å². The van der Waals surface area contributed by atoms with Crippen LogP contribution in [-0.2, 0) is 0 Å². The molecule has 7 heteroatoms. The fraction of sp³-hybridized carbons (Fsp3) is 0.438. The van der Waals surface area contributed by atoms with Crippen molar-refractivity contribution in [1.29, 1.82) is 0 Å². The highest BCUT2D eigenvalue weighted by Crippen LogP contribution is 2.49. The number of fused-ring (bicyclic) bond motifs is 2. The molecule has 1 aromatic heterocycles. The van der Waals surface area contributed by atoms with Gasteiger partial charge in [0.25, 0.3) is 11.8 Å². The van der Waals surface area contributed by atoms with Crippen molar-refractivity contribution in [2.45, 2.75) is 39.0 Å². The van der Waals surface area contributed by atoms with Gasteiger partial charge in [-0.05, 0) is 92.3 Å². The molecule has 0 radical (unpaired) electrons. The van der Waals surface area contributed by atoms with Gasteiger partial charge in [-0.2, -0.15) is 0 Å². The molecule has 2 aromatic carbocycles. The Kier molecular flexibility index (Phi) is 7.31. The first-order valence-electron chi connectivity index (χ1n) is 14.4. The lowest BCUT2D eigenvalue weighted by atomic mass is 9.86. The summed E-state index contributed by atoms with van der Waals surface area (Å²) in [7, 11) is 0. The van der Waals surface area contributed by atoms with Crippen molar-refractivity contribution in [3.63, 3.8) is 0 Å². The summed E-state index contributed by atoms with van der Waals surface area (Å²) in [6.07, 6.45) is 8.02. The predicted molar refractivity (Wildman–Crippen MR) is 155 cm³/mol. The average molecular weight is 527 g/mol. The van der Waals surface area contributed by atoms with E-state index in [0.29, 0.717) is 17.8 Å². The number of carbonyl (C=O) groups excluding carboxylic acids is 2. The molecule has 3 aromatic rings. The monoisotopic (exact) mass is 526 g/mol. The molecular formula is C32H38N4O3. The molecular weight excluding hydrogens is 488 g/mol. The number of rotatable bonds is 8. The number of piperazine rings is 1. The van der Waals surface area contributed by atoms with Gasteiger partial charge in [0.15, 0.2) is 5.76 Å². The zero-order valence-electron chi connectivity index (χ0n) is 22.7. The highest BCUT2D eigenvalue weighted by molar-refractivity contribution is 6.05. The van der Waals surface area contributed by atoms with Crippen LogP contribution in [0.4, 0.5) is 17.1 Å². The van der Waals surface area contributed by atoms with Gasteiger partial charge in [-0.15, -0.1) is 0 Å². The number of hydrogen-bond donors (Lipinski definition) is 2. The number of benzene rings is 2. The van der Waals surface area contributed by atoms with E-state index < -0.39 is 0 Å². The predicted octanol–water partition coefficient (Wildman–Crippen LogP) is 5.72. The minimum atomic E-state index is -0.325. The molecule has 1 saturated heterocycles. The Morgan fingerprint density at radius 3 is 2.38 bits per heavy atom. The number of amides is 2. The molecule has 7 nitrogen and oxygen atoms in total. The average Bonchev–Trinajstić information content (AvgIpc) is 3.73. The van der Waals surface area contributed by atoms with Gasteiger partial charge in [0, 0.05) is 44.0 Å². The minimum Gasteiger partial charge on any atom is -0.459 e. The van der Waals surface area contributed by atoms with Gasteiger partial charge in [-0.3, -0.25) is 9.59 Å². The lowest BCUT2D eigenvalue weighted by Gasteiger charge is -2.38. The van der Waals surface area contributed by atoms with Crippen molar-refractivity contribution < 1.29 is 14.0 Å². The van der Waals surface area contributed by atoms with E-state index in [1.807, 2.05) is 12.1 Å². The van der Waals surface area contributed by atoms with Crippen LogP contribution in [0.25, 0.3) is 0 Å². The fourth-order valence-corrected chi connectivity index (χ4v) is 6.95. The van der Waals surface area contributed by atoms with Crippen LogP contribution >= 0.6 is 0 Å². The van der Waals surface area contributed by atoms with Crippen LogP contribution in [0.15, 0.2) is 65.3 Å². The lowest BCUT2D eigenvalue weighted by molar-refractivity contribution is 0.0947. The third-order valence-corrected chi connectivity index (χ3v) is 9.01. The van der Waals surface area contributed by atoms with Crippen LogP contribution in [0, 0.1) is 24.7 Å². The van der Waals surface area contributed by atoms with Crippen molar-refractivity contribution in [2.75, 3.05) is 47.8 Å². The Labute approximate surface area is 230 Å². The Hall–Kier alpha value is -3.74. The third-order valence-electron chi connectivity index (χ3n) is 9.01. The summed E-state index contributed by atoms with van der Waals surface area (Å²) in [5.41, 5.74) is 4.63. The van der Waals surface area contributed by atoms with E-state index >= 15 is 0 Å². The van der Waals surface area contributed by atoms with Gasteiger partial charge < -0.3 is 24.9 Å². The number of nitrogens with zero attached hydrogens (tertiary/aromatic N) is 2. The smallest absolute Gasteiger partial charge is 0.291 e. The van der Waals surface area contributed by atoms with Gasteiger partial charge >= 0.3 is 0 Å². The second-order valence-corrected chi connectivity index (χ2v) is 11.4. The highest BCUT2D eigenvalue weighted by atomic mass is 16.3. The van der Waals surface area contributed by atoms with E-state index in [-0.39, 0.29) is 17.6 Å². The Morgan fingerprint density at radius 1 is 0.897 bits per heavy atom. The van der Waals surface area contributed by atoms with Crippen LogP contribution in [0.1, 0.15) is 58.6 Å². The first-order valence-corrected chi connectivity index (χ1v) is 14.4. The third kappa shape index (κ3) is 5.54. The zero-order valence-corrected chi connectivity index (χ0v) is 22.7. The molecule has 1 unspecified atom stereocenters. The highest BCUT2D eigenvalue weighted by Gasteiger charge is 2.38. The molecule has 39 heavy (non-hydrogen) atoms.